The van der Waals surface area contributed by atoms with E-state index in [4.69, 9.17) is 5.11 Å². The maximum absolute atomic E-state index is 13.1. The monoisotopic (exact) mass is 263 g/mol. The van der Waals surface area contributed by atoms with Crippen LogP contribution in [0.5, 0.6) is 0 Å². The molecule has 1 N–H and O–H groups in total. The standard InChI is InChI=1S/C13H10FNO4/c1-7(4-11(16)17)6-15-10-3-2-8(14)5-9(10)12(18)13(15)19/h2-5H,6H2,1H3,(H,16,17). The van der Waals surface area contributed by atoms with Crippen LogP contribution in [-0.2, 0) is 9.59 Å². The van der Waals surface area contributed by atoms with E-state index in [1.807, 2.05) is 0 Å². The van der Waals surface area contributed by atoms with Crippen molar-refractivity contribution in [2.45, 2.75) is 6.92 Å². The Kier molecular flexibility index (Phi) is 3.16. The van der Waals surface area contributed by atoms with E-state index in [9.17, 15) is 18.8 Å². The summed E-state index contributed by atoms with van der Waals surface area (Å²) >= 11 is 0. The Bertz CT molecular complexity index is 621. The van der Waals surface area contributed by atoms with Crippen LogP contribution >= 0.6 is 0 Å². The Morgan fingerprint density at radius 2 is 2.11 bits per heavy atom. The van der Waals surface area contributed by atoms with E-state index >= 15 is 0 Å². The van der Waals surface area contributed by atoms with E-state index in [0.717, 1.165) is 23.1 Å². The molecule has 0 radical (unpaired) electrons. The lowest BCUT2D eigenvalue weighted by molar-refractivity contribution is -0.131. The Hall–Kier alpha value is -2.50. The minimum atomic E-state index is -1.13. The van der Waals surface area contributed by atoms with Crippen molar-refractivity contribution in [1.29, 1.82) is 0 Å². The quantitative estimate of drug-likeness (QED) is 0.660. The fourth-order valence-electron chi connectivity index (χ4n) is 1.94. The summed E-state index contributed by atoms with van der Waals surface area (Å²) in [5.41, 5.74) is 0.716. The average Bonchev–Trinajstić information content (AvgIpc) is 2.53. The summed E-state index contributed by atoms with van der Waals surface area (Å²) in [5.74, 6) is -3.29. The highest BCUT2D eigenvalue weighted by Crippen LogP contribution is 2.29. The van der Waals surface area contributed by atoms with Crippen LogP contribution in [0.2, 0.25) is 0 Å². The van der Waals surface area contributed by atoms with Gasteiger partial charge in [0.25, 0.3) is 11.7 Å². The van der Waals surface area contributed by atoms with Gasteiger partial charge in [-0.2, -0.15) is 0 Å². The maximum atomic E-state index is 13.1. The summed E-state index contributed by atoms with van der Waals surface area (Å²) in [5, 5.41) is 8.61. The number of carbonyl (C=O) groups excluding carboxylic acids is 2. The molecule has 1 amide bonds. The maximum Gasteiger partial charge on any atom is 0.328 e. The molecule has 0 spiro atoms. The third kappa shape index (κ3) is 2.37. The lowest BCUT2D eigenvalue weighted by atomic mass is 10.1. The van der Waals surface area contributed by atoms with Crippen LogP contribution in [0.4, 0.5) is 10.1 Å². The second-order valence-corrected chi connectivity index (χ2v) is 4.21. The Labute approximate surface area is 107 Å². The highest BCUT2D eigenvalue weighted by Gasteiger charge is 2.35. The molecule has 0 bridgehead atoms. The third-order valence-corrected chi connectivity index (χ3v) is 2.71. The zero-order valence-electron chi connectivity index (χ0n) is 10.0. The number of hydrogen-bond donors (Lipinski definition) is 1. The Balaban J connectivity index is 2.37. The SMILES string of the molecule is CC(=CC(=O)O)CN1C(=O)C(=O)c2cc(F)ccc21. The molecule has 1 aliphatic rings. The van der Waals surface area contributed by atoms with Crippen LogP contribution in [0.15, 0.2) is 29.8 Å². The van der Waals surface area contributed by atoms with Gasteiger partial charge < -0.3 is 10.0 Å². The number of aliphatic carboxylic acids is 1. The van der Waals surface area contributed by atoms with Crippen molar-refractivity contribution in [2.75, 3.05) is 11.4 Å². The van der Waals surface area contributed by atoms with Crippen molar-refractivity contribution < 1.29 is 23.9 Å². The summed E-state index contributed by atoms with van der Waals surface area (Å²) in [6.45, 7) is 1.52. The van der Waals surface area contributed by atoms with Gasteiger partial charge in [0.05, 0.1) is 11.3 Å². The zero-order chi connectivity index (χ0) is 14.2. The number of carboxylic acids is 1. The first kappa shape index (κ1) is 12.9. The molecule has 0 atom stereocenters. The van der Waals surface area contributed by atoms with Crippen molar-refractivity contribution in [3.63, 3.8) is 0 Å². The summed E-state index contributed by atoms with van der Waals surface area (Å²) in [6.07, 6.45) is 0.958. The van der Waals surface area contributed by atoms with Gasteiger partial charge in [-0.1, -0.05) is 0 Å². The average molecular weight is 263 g/mol. The van der Waals surface area contributed by atoms with Crippen molar-refractivity contribution in [3.05, 3.63) is 41.2 Å². The van der Waals surface area contributed by atoms with Gasteiger partial charge in [-0.15, -0.1) is 0 Å². The molecule has 0 aliphatic carbocycles. The van der Waals surface area contributed by atoms with E-state index in [1.54, 1.807) is 0 Å². The smallest absolute Gasteiger partial charge is 0.328 e. The highest BCUT2D eigenvalue weighted by atomic mass is 19.1. The number of carbonyl (C=O) groups is 3. The molecule has 19 heavy (non-hydrogen) atoms. The molecule has 0 saturated carbocycles. The summed E-state index contributed by atoms with van der Waals surface area (Å²) in [4.78, 5) is 35.1. The van der Waals surface area contributed by atoms with Crippen LogP contribution < -0.4 is 4.90 Å². The number of amides is 1. The molecule has 2 rings (SSSR count). The molecule has 0 saturated heterocycles. The first-order chi connectivity index (χ1) is 8.90. The molecular formula is C13H10FNO4. The Morgan fingerprint density at radius 1 is 1.42 bits per heavy atom. The third-order valence-electron chi connectivity index (χ3n) is 2.71. The number of hydrogen-bond acceptors (Lipinski definition) is 3. The van der Waals surface area contributed by atoms with Crippen LogP contribution in [-0.4, -0.2) is 29.3 Å². The van der Waals surface area contributed by atoms with E-state index in [-0.39, 0.29) is 12.1 Å². The molecule has 6 heteroatoms. The predicted octanol–water partition coefficient (Wildman–Crippen LogP) is 1.39. The minimum Gasteiger partial charge on any atom is -0.478 e. The Morgan fingerprint density at radius 3 is 2.74 bits per heavy atom. The van der Waals surface area contributed by atoms with Gasteiger partial charge in [0.15, 0.2) is 0 Å². The van der Waals surface area contributed by atoms with Crippen LogP contribution in [0.25, 0.3) is 0 Å². The van der Waals surface area contributed by atoms with Gasteiger partial charge in [-0.3, -0.25) is 9.59 Å². The van der Waals surface area contributed by atoms with Crippen molar-refractivity contribution in [2.24, 2.45) is 0 Å². The van der Waals surface area contributed by atoms with Crippen molar-refractivity contribution >= 4 is 23.3 Å². The second kappa shape index (κ2) is 4.64. The van der Waals surface area contributed by atoms with Gasteiger partial charge in [0, 0.05) is 12.6 Å². The topological polar surface area (TPSA) is 74.7 Å². The number of fused-ring (bicyclic) bond motifs is 1. The number of anilines is 1. The predicted molar refractivity (Wildman–Crippen MR) is 64.5 cm³/mol. The lowest BCUT2D eigenvalue weighted by Crippen LogP contribution is -2.31. The summed E-state index contributed by atoms with van der Waals surface area (Å²) in [6, 6.07) is 3.49. The second-order valence-electron chi connectivity index (χ2n) is 4.21. The van der Waals surface area contributed by atoms with E-state index < -0.39 is 23.5 Å². The summed E-state index contributed by atoms with van der Waals surface area (Å²) in [7, 11) is 0. The van der Waals surface area contributed by atoms with Crippen molar-refractivity contribution in [1.82, 2.24) is 0 Å². The van der Waals surface area contributed by atoms with Gasteiger partial charge in [0.1, 0.15) is 5.82 Å². The van der Waals surface area contributed by atoms with Gasteiger partial charge >= 0.3 is 5.97 Å². The number of benzene rings is 1. The highest BCUT2D eigenvalue weighted by molar-refractivity contribution is 6.52. The van der Waals surface area contributed by atoms with Gasteiger partial charge in [-0.05, 0) is 30.7 Å². The number of nitrogens with zero attached hydrogens (tertiary/aromatic N) is 1. The largest absolute Gasteiger partial charge is 0.478 e. The molecule has 5 nitrogen and oxygen atoms in total. The van der Waals surface area contributed by atoms with E-state index in [1.165, 1.54) is 13.0 Å². The molecule has 0 unspecified atom stereocenters. The molecular weight excluding hydrogens is 253 g/mol. The number of Topliss-reactive ketones (excluding diaryl/α,β-unsaturated/α-hetero) is 1. The lowest BCUT2D eigenvalue weighted by Gasteiger charge is -2.16. The van der Waals surface area contributed by atoms with Gasteiger partial charge in [-0.25, -0.2) is 9.18 Å². The van der Waals surface area contributed by atoms with E-state index in [2.05, 4.69) is 0 Å². The van der Waals surface area contributed by atoms with E-state index in [0.29, 0.717) is 11.3 Å². The number of carboxylic acid groups (broad SMARTS) is 1. The fraction of sp³-hybridized carbons (Fsp3) is 0.154. The first-order valence-electron chi connectivity index (χ1n) is 5.46. The molecule has 1 aliphatic heterocycles. The van der Waals surface area contributed by atoms with Gasteiger partial charge in [0.2, 0.25) is 0 Å². The number of rotatable bonds is 3. The number of ketones is 1. The van der Waals surface area contributed by atoms with Crippen LogP contribution in [0, 0.1) is 5.82 Å². The molecule has 0 fully saturated rings. The van der Waals surface area contributed by atoms with Crippen LogP contribution in [0.3, 0.4) is 0 Å². The zero-order valence-corrected chi connectivity index (χ0v) is 10.0. The summed E-state index contributed by atoms with van der Waals surface area (Å²) < 4.78 is 13.1. The molecule has 0 aromatic heterocycles. The molecule has 1 aromatic carbocycles. The molecule has 98 valence electrons. The molecule has 1 aromatic rings. The first-order valence-corrected chi connectivity index (χ1v) is 5.46. The number of halogens is 1. The van der Waals surface area contributed by atoms with Crippen LogP contribution in [0.1, 0.15) is 17.3 Å². The minimum absolute atomic E-state index is 0.00752. The molecule has 1 heterocycles. The fourth-order valence-corrected chi connectivity index (χ4v) is 1.94. The van der Waals surface area contributed by atoms with Crippen molar-refractivity contribution in [3.8, 4) is 0 Å². The normalized spacial score (nSPS) is 14.8.